The second-order valence-electron chi connectivity index (χ2n) is 9.54. The Hall–Kier alpha value is -2.24. The highest BCUT2D eigenvalue weighted by Crippen LogP contribution is 2.25. The summed E-state index contributed by atoms with van der Waals surface area (Å²) in [5.41, 5.74) is 1.93. The maximum Gasteiger partial charge on any atom is 0.261 e. The fraction of sp³-hybridized carbons (Fsp3) is 0.500. The molecule has 0 spiro atoms. The van der Waals surface area contributed by atoms with E-state index in [1.165, 1.54) is 12.0 Å². The fourth-order valence-corrected chi connectivity index (χ4v) is 4.94. The highest BCUT2D eigenvalue weighted by atomic mass is 35.5. The van der Waals surface area contributed by atoms with Gasteiger partial charge in [-0.1, -0.05) is 81.4 Å². The number of hydrogen-bond acceptors (Lipinski definition) is 3. The van der Waals surface area contributed by atoms with Crippen molar-refractivity contribution in [2.75, 3.05) is 6.61 Å². The van der Waals surface area contributed by atoms with Crippen LogP contribution in [0.2, 0.25) is 10.0 Å². The highest BCUT2D eigenvalue weighted by Gasteiger charge is 2.31. The van der Waals surface area contributed by atoms with Crippen LogP contribution in [0.15, 0.2) is 42.5 Å². The monoisotopic (exact) mass is 518 g/mol. The van der Waals surface area contributed by atoms with Crippen molar-refractivity contribution in [3.8, 4) is 5.75 Å². The van der Waals surface area contributed by atoms with Gasteiger partial charge in [-0.25, -0.2) is 0 Å². The van der Waals surface area contributed by atoms with Crippen LogP contribution in [-0.2, 0) is 16.1 Å². The first-order chi connectivity index (χ1) is 16.8. The van der Waals surface area contributed by atoms with Gasteiger partial charge in [0.25, 0.3) is 5.91 Å². The number of ether oxygens (including phenoxy) is 1. The molecule has 0 bridgehead atoms. The van der Waals surface area contributed by atoms with Gasteiger partial charge in [0.15, 0.2) is 6.61 Å². The van der Waals surface area contributed by atoms with Crippen LogP contribution in [0.1, 0.15) is 76.3 Å². The van der Waals surface area contributed by atoms with Gasteiger partial charge in [0.2, 0.25) is 5.91 Å². The van der Waals surface area contributed by atoms with Crippen molar-refractivity contribution in [3.63, 3.8) is 0 Å². The van der Waals surface area contributed by atoms with E-state index >= 15 is 0 Å². The van der Waals surface area contributed by atoms with Crippen LogP contribution in [0, 0.1) is 0 Å². The zero-order valence-corrected chi connectivity index (χ0v) is 22.4. The molecule has 2 aromatic rings. The Kier molecular flexibility index (Phi) is 10.3. The predicted octanol–water partition coefficient (Wildman–Crippen LogP) is 6.75. The number of rotatable bonds is 10. The number of amides is 2. The lowest BCUT2D eigenvalue weighted by Gasteiger charge is -2.33. The van der Waals surface area contributed by atoms with E-state index in [0.717, 1.165) is 31.2 Å². The molecular weight excluding hydrogens is 483 g/mol. The van der Waals surface area contributed by atoms with Gasteiger partial charge < -0.3 is 15.0 Å². The molecule has 190 valence electrons. The second kappa shape index (κ2) is 13.2. The standard InChI is InChI=1S/C28H36Cl2N2O3/c1-4-26(28(34)31-23-8-6-5-7-9-23)32(17-21-10-13-22(29)16-25(21)30)27(33)18-35-24-14-11-20(12-15-24)19(2)3/h10-16,19,23,26H,4-9,17-18H2,1-3H3,(H,31,34)/t26-/m1/s1. The summed E-state index contributed by atoms with van der Waals surface area (Å²) < 4.78 is 5.82. The summed E-state index contributed by atoms with van der Waals surface area (Å²) in [6.45, 7) is 6.20. The van der Waals surface area contributed by atoms with Crippen LogP contribution in [0.25, 0.3) is 0 Å². The van der Waals surface area contributed by atoms with Gasteiger partial charge in [0.05, 0.1) is 0 Å². The van der Waals surface area contributed by atoms with Crippen LogP contribution in [-0.4, -0.2) is 35.4 Å². The summed E-state index contributed by atoms with van der Waals surface area (Å²) in [6, 6.07) is 12.5. The maximum absolute atomic E-state index is 13.4. The number of nitrogens with one attached hydrogen (secondary N) is 1. The Morgan fingerprint density at radius 3 is 2.34 bits per heavy atom. The topological polar surface area (TPSA) is 58.6 Å². The minimum Gasteiger partial charge on any atom is -0.484 e. The van der Waals surface area contributed by atoms with Crippen LogP contribution in [0.5, 0.6) is 5.75 Å². The lowest BCUT2D eigenvalue weighted by Crippen LogP contribution is -2.52. The molecule has 5 nitrogen and oxygen atoms in total. The van der Waals surface area contributed by atoms with Gasteiger partial charge in [-0.15, -0.1) is 0 Å². The Morgan fingerprint density at radius 2 is 1.74 bits per heavy atom. The molecule has 1 atom stereocenters. The molecule has 1 N–H and O–H groups in total. The van der Waals surface area contributed by atoms with Gasteiger partial charge >= 0.3 is 0 Å². The summed E-state index contributed by atoms with van der Waals surface area (Å²) >= 11 is 12.5. The van der Waals surface area contributed by atoms with E-state index in [1.807, 2.05) is 31.2 Å². The number of carbonyl (C=O) groups is 2. The third-order valence-electron chi connectivity index (χ3n) is 6.60. The number of nitrogens with zero attached hydrogens (tertiary/aromatic N) is 1. The van der Waals surface area contributed by atoms with E-state index < -0.39 is 6.04 Å². The van der Waals surface area contributed by atoms with Crippen molar-refractivity contribution in [2.45, 2.75) is 83.8 Å². The van der Waals surface area contributed by atoms with Crippen LogP contribution in [0.3, 0.4) is 0 Å². The largest absolute Gasteiger partial charge is 0.484 e. The summed E-state index contributed by atoms with van der Waals surface area (Å²) in [7, 11) is 0. The molecule has 1 fully saturated rings. The van der Waals surface area contributed by atoms with Gasteiger partial charge in [0.1, 0.15) is 11.8 Å². The van der Waals surface area contributed by atoms with E-state index in [1.54, 1.807) is 23.1 Å². The average molecular weight is 520 g/mol. The number of halogens is 2. The number of hydrogen-bond donors (Lipinski definition) is 1. The maximum atomic E-state index is 13.4. The fourth-order valence-electron chi connectivity index (χ4n) is 4.47. The molecule has 2 amide bonds. The third-order valence-corrected chi connectivity index (χ3v) is 7.19. The summed E-state index contributed by atoms with van der Waals surface area (Å²) in [6.07, 6.45) is 5.89. The van der Waals surface area contributed by atoms with Crippen molar-refractivity contribution in [1.82, 2.24) is 10.2 Å². The van der Waals surface area contributed by atoms with Crippen molar-refractivity contribution in [2.24, 2.45) is 0 Å². The van der Waals surface area contributed by atoms with Crippen molar-refractivity contribution in [3.05, 3.63) is 63.6 Å². The highest BCUT2D eigenvalue weighted by molar-refractivity contribution is 6.35. The Morgan fingerprint density at radius 1 is 1.06 bits per heavy atom. The first-order valence-corrected chi connectivity index (χ1v) is 13.3. The van der Waals surface area contributed by atoms with Gasteiger partial charge in [0, 0.05) is 22.6 Å². The molecule has 3 rings (SSSR count). The molecule has 35 heavy (non-hydrogen) atoms. The Balaban J connectivity index is 1.76. The first kappa shape index (κ1) is 27.3. The molecule has 1 aliphatic carbocycles. The second-order valence-corrected chi connectivity index (χ2v) is 10.4. The minimum absolute atomic E-state index is 0.126. The number of benzene rings is 2. The molecule has 0 heterocycles. The van der Waals surface area contributed by atoms with E-state index in [4.69, 9.17) is 27.9 Å². The normalized spacial score (nSPS) is 15.0. The van der Waals surface area contributed by atoms with Gasteiger partial charge in [-0.2, -0.15) is 0 Å². The molecule has 0 radical (unpaired) electrons. The Bertz CT molecular complexity index is 988. The Labute approximate surface area is 219 Å². The molecule has 0 unspecified atom stereocenters. The third kappa shape index (κ3) is 7.88. The van der Waals surface area contributed by atoms with Crippen molar-refractivity contribution in [1.29, 1.82) is 0 Å². The molecule has 1 aliphatic rings. The van der Waals surface area contributed by atoms with E-state index in [0.29, 0.717) is 28.1 Å². The molecule has 2 aromatic carbocycles. The van der Waals surface area contributed by atoms with Crippen molar-refractivity contribution < 1.29 is 14.3 Å². The van der Waals surface area contributed by atoms with Crippen LogP contribution >= 0.6 is 23.2 Å². The van der Waals surface area contributed by atoms with E-state index in [9.17, 15) is 9.59 Å². The smallest absolute Gasteiger partial charge is 0.261 e. The minimum atomic E-state index is -0.622. The zero-order chi connectivity index (χ0) is 25.4. The SMILES string of the molecule is CC[C@H](C(=O)NC1CCCCC1)N(Cc1ccc(Cl)cc1Cl)C(=O)COc1ccc(C(C)C)cc1. The first-order valence-electron chi connectivity index (χ1n) is 12.5. The number of carbonyl (C=O) groups excluding carboxylic acids is 2. The van der Waals surface area contributed by atoms with Crippen LogP contribution in [0.4, 0.5) is 0 Å². The lowest BCUT2D eigenvalue weighted by atomic mass is 9.95. The van der Waals surface area contributed by atoms with Gasteiger partial charge in [-0.05, 0) is 60.6 Å². The molecule has 0 aromatic heterocycles. The summed E-state index contributed by atoms with van der Waals surface area (Å²) in [5, 5.41) is 4.16. The van der Waals surface area contributed by atoms with Gasteiger partial charge in [-0.3, -0.25) is 9.59 Å². The van der Waals surface area contributed by atoms with E-state index in [-0.39, 0.29) is 31.0 Å². The van der Waals surface area contributed by atoms with Crippen molar-refractivity contribution >= 4 is 35.0 Å². The summed E-state index contributed by atoms with van der Waals surface area (Å²) in [4.78, 5) is 28.3. The van der Waals surface area contributed by atoms with E-state index in [2.05, 4.69) is 19.2 Å². The quantitative estimate of drug-likeness (QED) is 0.378. The average Bonchev–Trinajstić information content (AvgIpc) is 2.84. The summed E-state index contributed by atoms with van der Waals surface area (Å²) in [5.74, 6) is 0.638. The zero-order valence-electron chi connectivity index (χ0n) is 20.9. The molecule has 0 aliphatic heterocycles. The molecular formula is C28H36Cl2N2O3. The lowest BCUT2D eigenvalue weighted by molar-refractivity contribution is -0.143. The van der Waals surface area contributed by atoms with Crippen LogP contribution < -0.4 is 10.1 Å². The molecule has 0 saturated heterocycles. The predicted molar refractivity (Wildman–Crippen MR) is 142 cm³/mol. The molecule has 7 heteroatoms. The molecule has 1 saturated carbocycles.